The normalized spacial score (nSPS) is 11.4. The number of rotatable bonds is 6. The second-order valence-electron chi connectivity index (χ2n) is 13.7. The molecule has 0 aliphatic rings. The molecule has 0 radical (unpaired) electrons. The van der Waals surface area contributed by atoms with Crippen molar-refractivity contribution >= 4 is 60.2 Å². The van der Waals surface area contributed by atoms with Crippen molar-refractivity contribution in [2.24, 2.45) is 0 Å². The first-order chi connectivity index (χ1) is 26.3. The number of hydrogen-bond donors (Lipinski definition) is 0. The number of anilines is 3. The van der Waals surface area contributed by atoms with Gasteiger partial charge in [0.1, 0.15) is 0 Å². The summed E-state index contributed by atoms with van der Waals surface area (Å²) in [5.41, 5.74) is 10.6. The third kappa shape index (κ3) is 5.42. The third-order valence-electron chi connectivity index (χ3n) is 10.6. The first kappa shape index (κ1) is 30.8. The summed E-state index contributed by atoms with van der Waals surface area (Å²) in [5, 5.41) is 10.1. The van der Waals surface area contributed by atoms with E-state index >= 15 is 0 Å². The quantitative estimate of drug-likeness (QED) is 0.159. The second-order valence-corrected chi connectivity index (χ2v) is 13.7. The number of para-hydroxylation sites is 1. The van der Waals surface area contributed by atoms with Crippen molar-refractivity contribution in [2.75, 3.05) is 4.90 Å². The molecule has 0 amide bonds. The van der Waals surface area contributed by atoms with Crippen LogP contribution in [0.15, 0.2) is 212 Å². The van der Waals surface area contributed by atoms with Crippen LogP contribution < -0.4 is 4.90 Å². The van der Waals surface area contributed by atoms with Gasteiger partial charge in [-0.25, -0.2) is 0 Å². The van der Waals surface area contributed by atoms with Gasteiger partial charge in [0.15, 0.2) is 0 Å². The molecule has 0 aliphatic carbocycles. The summed E-state index contributed by atoms with van der Waals surface area (Å²) < 4.78 is 0. The maximum absolute atomic E-state index is 2.40. The van der Waals surface area contributed by atoms with Crippen molar-refractivity contribution in [1.82, 2.24) is 0 Å². The number of fused-ring (bicyclic) bond motifs is 6. The molecule has 10 aromatic carbocycles. The highest BCUT2D eigenvalue weighted by molar-refractivity contribution is 6.21. The Morgan fingerprint density at radius 3 is 1.58 bits per heavy atom. The Morgan fingerprint density at radius 1 is 0.245 bits per heavy atom. The van der Waals surface area contributed by atoms with Crippen LogP contribution in [-0.2, 0) is 0 Å². The standard InChI is InChI=1S/C52H35N/c1-3-14-36(15-4-1)40-29-33-52(51(34-40)45-25-13-18-37-16-7-9-21-43(37)45)53(41-19-5-2-6-20-41)42-30-26-39(27-31-42)49-35-50-44-22-10-8-17-38(44)28-32-48(50)46-23-11-12-24-47(46)49/h1-35H. The van der Waals surface area contributed by atoms with E-state index in [1.54, 1.807) is 0 Å². The summed E-state index contributed by atoms with van der Waals surface area (Å²) in [6, 6.07) is 77.3. The van der Waals surface area contributed by atoms with E-state index in [1.807, 2.05) is 0 Å². The van der Waals surface area contributed by atoms with Crippen LogP contribution in [0.25, 0.3) is 76.5 Å². The molecule has 0 spiro atoms. The minimum Gasteiger partial charge on any atom is -0.310 e. The molecule has 0 N–H and O–H groups in total. The van der Waals surface area contributed by atoms with Crippen LogP contribution in [0.4, 0.5) is 17.1 Å². The fourth-order valence-electron chi connectivity index (χ4n) is 8.11. The molecule has 0 fully saturated rings. The fraction of sp³-hybridized carbons (Fsp3) is 0. The number of nitrogens with zero attached hydrogens (tertiary/aromatic N) is 1. The molecule has 0 bridgehead atoms. The van der Waals surface area contributed by atoms with E-state index in [2.05, 4.69) is 217 Å². The maximum Gasteiger partial charge on any atom is 0.0540 e. The first-order valence-electron chi connectivity index (χ1n) is 18.3. The minimum atomic E-state index is 1.10. The van der Waals surface area contributed by atoms with Gasteiger partial charge < -0.3 is 4.90 Å². The lowest BCUT2D eigenvalue weighted by molar-refractivity contribution is 1.28. The number of benzene rings is 10. The van der Waals surface area contributed by atoms with Crippen molar-refractivity contribution < 1.29 is 0 Å². The highest BCUT2D eigenvalue weighted by atomic mass is 15.1. The van der Waals surface area contributed by atoms with Crippen LogP contribution in [0.3, 0.4) is 0 Å². The summed E-state index contributed by atoms with van der Waals surface area (Å²) >= 11 is 0. The molecule has 0 aromatic heterocycles. The molecule has 0 heterocycles. The van der Waals surface area contributed by atoms with Gasteiger partial charge in [-0.3, -0.25) is 0 Å². The molecule has 248 valence electrons. The van der Waals surface area contributed by atoms with Crippen LogP contribution in [-0.4, -0.2) is 0 Å². The van der Waals surface area contributed by atoms with E-state index in [0.717, 1.165) is 17.1 Å². The zero-order chi connectivity index (χ0) is 35.1. The lowest BCUT2D eigenvalue weighted by Gasteiger charge is -2.29. The first-order valence-corrected chi connectivity index (χ1v) is 18.3. The van der Waals surface area contributed by atoms with Gasteiger partial charge in [-0.15, -0.1) is 0 Å². The molecule has 10 rings (SSSR count). The highest BCUT2D eigenvalue weighted by Crippen LogP contribution is 2.45. The topological polar surface area (TPSA) is 3.24 Å². The molecule has 1 nitrogen and oxygen atoms in total. The highest BCUT2D eigenvalue weighted by Gasteiger charge is 2.20. The molecule has 0 atom stereocenters. The van der Waals surface area contributed by atoms with Crippen molar-refractivity contribution in [3.05, 3.63) is 212 Å². The predicted octanol–water partition coefficient (Wildman–Crippen LogP) is 14.8. The SMILES string of the molecule is c1ccc(-c2ccc(N(c3ccccc3)c3ccc(-c4cc5c6ccccc6ccc5c5ccccc45)cc3)c(-c3cccc4ccccc34)c2)cc1. The van der Waals surface area contributed by atoms with Crippen molar-refractivity contribution in [3.63, 3.8) is 0 Å². The van der Waals surface area contributed by atoms with Crippen LogP contribution in [0.1, 0.15) is 0 Å². The van der Waals surface area contributed by atoms with Gasteiger partial charge in [-0.05, 0) is 113 Å². The Labute approximate surface area is 309 Å². The van der Waals surface area contributed by atoms with Crippen LogP contribution >= 0.6 is 0 Å². The lowest BCUT2D eigenvalue weighted by atomic mass is 9.91. The summed E-state index contributed by atoms with van der Waals surface area (Å²) in [4.78, 5) is 2.40. The van der Waals surface area contributed by atoms with Crippen LogP contribution in [0.5, 0.6) is 0 Å². The zero-order valence-electron chi connectivity index (χ0n) is 29.2. The average molecular weight is 674 g/mol. The van der Waals surface area contributed by atoms with E-state index in [0.29, 0.717) is 0 Å². The molecule has 0 aliphatic heterocycles. The van der Waals surface area contributed by atoms with E-state index in [9.17, 15) is 0 Å². The Hall–Kier alpha value is -6.96. The molecule has 1 heteroatoms. The second kappa shape index (κ2) is 13.0. The van der Waals surface area contributed by atoms with Gasteiger partial charge >= 0.3 is 0 Å². The minimum absolute atomic E-state index is 1.10. The predicted molar refractivity (Wildman–Crippen MR) is 227 cm³/mol. The summed E-state index contributed by atoms with van der Waals surface area (Å²) in [5.74, 6) is 0. The van der Waals surface area contributed by atoms with Gasteiger partial charge in [-0.2, -0.15) is 0 Å². The van der Waals surface area contributed by atoms with Gasteiger partial charge in [0, 0.05) is 16.9 Å². The monoisotopic (exact) mass is 673 g/mol. The fourth-order valence-corrected chi connectivity index (χ4v) is 8.11. The van der Waals surface area contributed by atoms with Gasteiger partial charge in [0.25, 0.3) is 0 Å². The largest absolute Gasteiger partial charge is 0.310 e. The van der Waals surface area contributed by atoms with Crippen LogP contribution in [0.2, 0.25) is 0 Å². The summed E-state index contributed by atoms with van der Waals surface area (Å²) in [7, 11) is 0. The molecule has 10 aromatic rings. The summed E-state index contributed by atoms with van der Waals surface area (Å²) in [6.07, 6.45) is 0. The Kier molecular flexibility index (Phi) is 7.55. The Balaban J connectivity index is 1.17. The van der Waals surface area contributed by atoms with E-state index in [-0.39, 0.29) is 0 Å². The van der Waals surface area contributed by atoms with Crippen molar-refractivity contribution in [1.29, 1.82) is 0 Å². The van der Waals surface area contributed by atoms with Gasteiger partial charge in [0.05, 0.1) is 5.69 Å². The molecular formula is C52H35N. The zero-order valence-corrected chi connectivity index (χ0v) is 29.2. The average Bonchev–Trinajstić information content (AvgIpc) is 3.24. The smallest absolute Gasteiger partial charge is 0.0540 e. The third-order valence-corrected chi connectivity index (χ3v) is 10.6. The molecule has 0 saturated heterocycles. The van der Waals surface area contributed by atoms with E-state index < -0.39 is 0 Å². The lowest BCUT2D eigenvalue weighted by Crippen LogP contribution is -2.11. The molecular weight excluding hydrogens is 639 g/mol. The van der Waals surface area contributed by atoms with Crippen LogP contribution in [0, 0.1) is 0 Å². The van der Waals surface area contributed by atoms with Crippen molar-refractivity contribution in [2.45, 2.75) is 0 Å². The molecule has 0 unspecified atom stereocenters. The van der Waals surface area contributed by atoms with Gasteiger partial charge in [0.2, 0.25) is 0 Å². The van der Waals surface area contributed by atoms with Crippen molar-refractivity contribution in [3.8, 4) is 33.4 Å². The van der Waals surface area contributed by atoms with E-state index in [4.69, 9.17) is 0 Å². The molecule has 0 saturated carbocycles. The molecule has 53 heavy (non-hydrogen) atoms. The van der Waals surface area contributed by atoms with Gasteiger partial charge in [-0.1, -0.05) is 170 Å². The van der Waals surface area contributed by atoms with E-state index in [1.165, 1.54) is 76.5 Å². The Morgan fingerprint density at radius 2 is 0.811 bits per heavy atom. The Bertz CT molecular complexity index is 2920. The summed E-state index contributed by atoms with van der Waals surface area (Å²) in [6.45, 7) is 0. The number of hydrogen-bond acceptors (Lipinski definition) is 1. The maximum atomic E-state index is 2.40.